The van der Waals surface area contributed by atoms with Crippen LogP contribution in [0.15, 0.2) is 115 Å². The van der Waals surface area contributed by atoms with Gasteiger partial charge >= 0.3 is 0 Å². The smallest absolute Gasteiger partial charge is 0.0113 e. The Morgan fingerprint density at radius 3 is 2.20 bits per heavy atom. The summed E-state index contributed by atoms with van der Waals surface area (Å²) < 4.78 is 0. The quantitative estimate of drug-likeness (QED) is 0.173. The topological polar surface area (TPSA) is 0 Å². The van der Waals surface area contributed by atoms with Crippen LogP contribution >= 0.6 is 25.3 Å². The number of rotatable bonds is 9. The standard InChI is InChI=1S/C41H44S.CH4S/c1-5-17-35-37-22-12-10-13-23-38(37)36(18-6-2)40-30-34(27-28-39(35)40)41(42)24-14-9-7-8-11-21-33-26-25-31(3)19-15-16-20-32(4)29-33;1-2/h7-16,19-21,23-30,42H,5-6,17-18,22H2,1-4H3;2H,1H3/b8-7+,14-9+,16-15?,19-15?,20-16?,21-11+,26-25?,31-19?,31-25?,32-20?,32-29?,33-26?,33-29?,41-24-;. The molecule has 3 aromatic rings. The van der Waals surface area contributed by atoms with Crippen LogP contribution in [0.3, 0.4) is 0 Å². The van der Waals surface area contributed by atoms with Crippen molar-refractivity contribution < 1.29 is 0 Å². The normalized spacial score (nSPS) is 12.8. The molecular formula is C42H48S2. The first-order valence-corrected chi connectivity index (χ1v) is 17.1. The zero-order valence-corrected chi connectivity index (χ0v) is 28.8. The van der Waals surface area contributed by atoms with E-state index < -0.39 is 0 Å². The van der Waals surface area contributed by atoms with E-state index in [0.717, 1.165) is 42.6 Å². The Balaban J connectivity index is 0.00000259. The van der Waals surface area contributed by atoms with Crippen LogP contribution in [0.2, 0.25) is 0 Å². The van der Waals surface area contributed by atoms with E-state index in [2.05, 4.69) is 168 Å². The Kier molecular flexibility index (Phi) is 15.2. The second kappa shape index (κ2) is 19.0. The summed E-state index contributed by atoms with van der Waals surface area (Å²) in [7, 11) is 0. The molecule has 1 aliphatic carbocycles. The molecule has 0 nitrogen and oxygen atoms in total. The van der Waals surface area contributed by atoms with Crippen LogP contribution in [0, 0.1) is 13.8 Å². The lowest BCUT2D eigenvalue weighted by Gasteiger charge is -2.21. The summed E-state index contributed by atoms with van der Waals surface area (Å²) in [5.41, 5.74) is 10.7. The minimum absolute atomic E-state index is 0.972. The number of aryl methyl sites for hydroxylation is 4. The Hall–Kier alpha value is -3.46. The Labute approximate surface area is 277 Å². The number of hydrogen-bond acceptors (Lipinski definition) is 2. The predicted octanol–water partition coefficient (Wildman–Crippen LogP) is 12.3. The molecule has 0 amide bonds. The van der Waals surface area contributed by atoms with Crippen molar-refractivity contribution >= 4 is 53.1 Å². The molecular weight excluding hydrogens is 569 g/mol. The highest BCUT2D eigenvalue weighted by molar-refractivity contribution is 7.90. The Morgan fingerprint density at radius 1 is 0.727 bits per heavy atom. The lowest BCUT2D eigenvalue weighted by Crippen LogP contribution is -2.04. The lowest BCUT2D eigenvalue weighted by molar-refractivity contribution is 0.900. The van der Waals surface area contributed by atoms with Gasteiger partial charge in [0, 0.05) is 4.91 Å². The molecule has 0 atom stereocenters. The second-order valence-electron chi connectivity index (χ2n) is 11.0. The summed E-state index contributed by atoms with van der Waals surface area (Å²) in [6.07, 6.45) is 30.7. The first kappa shape index (κ1) is 35.0. The number of benzene rings is 2. The van der Waals surface area contributed by atoms with Crippen molar-refractivity contribution in [1.82, 2.24) is 0 Å². The molecule has 0 saturated carbocycles. The highest BCUT2D eigenvalue weighted by Gasteiger charge is 2.18. The second-order valence-corrected chi connectivity index (χ2v) is 11.4. The molecule has 0 bridgehead atoms. The third-order valence-corrected chi connectivity index (χ3v) is 7.97. The van der Waals surface area contributed by atoms with Gasteiger partial charge in [0.1, 0.15) is 0 Å². The minimum atomic E-state index is 0.972. The van der Waals surface area contributed by atoms with Gasteiger partial charge in [-0.25, -0.2) is 0 Å². The van der Waals surface area contributed by atoms with Crippen molar-refractivity contribution in [2.45, 2.75) is 59.8 Å². The average molecular weight is 617 g/mol. The monoisotopic (exact) mass is 616 g/mol. The van der Waals surface area contributed by atoms with Crippen LogP contribution in [0.5, 0.6) is 0 Å². The van der Waals surface area contributed by atoms with Gasteiger partial charge in [-0.1, -0.05) is 153 Å². The fraction of sp³-hybridized carbons (Fsp3) is 0.238. The third kappa shape index (κ3) is 10.0. The molecule has 0 heterocycles. The summed E-state index contributed by atoms with van der Waals surface area (Å²) in [6, 6.07) is 21.8. The highest BCUT2D eigenvalue weighted by atomic mass is 32.1. The van der Waals surface area contributed by atoms with Crippen LogP contribution in [0.4, 0.5) is 0 Å². The van der Waals surface area contributed by atoms with Crippen molar-refractivity contribution in [1.29, 1.82) is 0 Å². The molecule has 0 saturated heterocycles. The van der Waals surface area contributed by atoms with Crippen molar-refractivity contribution in [3.8, 4) is 0 Å². The molecule has 0 fully saturated rings. The Morgan fingerprint density at radius 2 is 1.43 bits per heavy atom. The number of hydrogen-bond donors (Lipinski definition) is 2. The number of fused-ring (bicyclic) bond motifs is 2. The van der Waals surface area contributed by atoms with Crippen molar-refractivity contribution in [3.63, 3.8) is 0 Å². The van der Waals surface area contributed by atoms with Gasteiger partial charge in [0.25, 0.3) is 0 Å². The van der Waals surface area contributed by atoms with E-state index in [0.29, 0.717) is 0 Å². The van der Waals surface area contributed by atoms with E-state index in [1.807, 2.05) is 0 Å². The fourth-order valence-electron chi connectivity index (χ4n) is 5.54. The van der Waals surface area contributed by atoms with E-state index in [9.17, 15) is 0 Å². The van der Waals surface area contributed by atoms with Crippen molar-refractivity contribution in [2.75, 3.05) is 6.26 Å². The van der Waals surface area contributed by atoms with E-state index in [4.69, 9.17) is 12.6 Å². The Bertz CT molecular complexity index is 1640. The van der Waals surface area contributed by atoms with Crippen LogP contribution < -0.4 is 0 Å². The highest BCUT2D eigenvalue weighted by Crippen LogP contribution is 2.37. The molecule has 228 valence electrons. The summed E-state index contributed by atoms with van der Waals surface area (Å²) in [4.78, 5) is 0.972. The largest absolute Gasteiger partial charge is 0.183 e. The van der Waals surface area contributed by atoms with Crippen molar-refractivity contribution in [3.05, 3.63) is 160 Å². The van der Waals surface area contributed by atoms with Gasteiger partial charge in [0.2, 0.25) is 0 Å². The molecule has 3 aromatic carbocycles. The zero-order valence-electron chi connectivity index (χ0n) is 27.1. The molecule has 0 N–H and O–H groups in total. The minimum Gasteiger partial charge on any atom is -0.183 e. The first-order chi connectivity index (χ1) is 21.5. The van der Waals surface area contributed by atoms with Crippen LogP contribution in [0.25, 0.3) is 27.8 Å². The fourth-order valence-corrected chi connectivity index (χ4v) is 5.76. The van der Waals surface area contributed by atoms with Crippen LogP contribution in [-0.4, -0.2) is 6.26 Å². The van der Waals surface area contributed by atoms with Gasteiger partial charge in [-0.15, -0.1) is 12.6 Å². The van der Waals surface area contributed by atoms with E-state index in [1.165, 1.54) is 49.7 Å². The molecule has 2 heteroatoms. The molecule has 0 aromatic heterocycles. The van der Waals surface area contributed by atoms with Gasteiger partial charge in [0.05, 0.1) is 0 Å². The van der Waals surface area contributed by atoms with E-state index >= 15 is 0 Å². The number of thiol groups is 2. The molecule has 1 aliphatic rings. The molecule has 0 aliphatic heterocycles. The van der Waals surface area contributed by atoms with Crippen LogP contribution in [0.1, 0.15) is 71.2 Å². The van der Waals surface area contributed by atoms with Gasteiger partial charge < -0.3 is 0 Å². The summed E-state index contributed by atoms with van der Waals surface area (Å²) >= 11 is 8.42. The third-order valence-electron chi connectivity index (χ3n) is 7.56. The first-order valence-electron chi connectivity index (χ1n) is 15.7. The predicted molar refractivity (Wildman–Crippen MR) is 207 cm³/mol. The molecule has 0 radical (unpaired) electrons. The summed E-state index contributed by atoms with van der Waals surface area (Å²) in [5, 5.41) is 2.79. The maximum Gasteiger partial charge on any atom is 0.0113 e. The average Bonchev–Trinajstić information content (AvgIpc) is 3.29. The van der Waals surface area contributed by atoms with Gasteiger partial charge in [0.15, 0.2) is 0 Å². The molecule has 44 heavy (non-hydrogen) atoms. The maximum absolute atomic E-state index is 4.90. The number of allylic oxidation sites excluding steroid dienone is 9. The molecule has 0 spiro atoms. The molecule has 4 rings (SSSR count). The summed E-state index contributed by atoms with van der Waals surface area (Å²) in [6.45, 7) is 8.80. The maximum atomic E-state index is 4.90. The summed E-state index contributed by atoms with van der Waals surface area (Å²) in [5.74, 6) is 0. The van der Waals surface area contributed by atoms with Gasteiger partial charge in [-0.3, -0.25) is 0 Å². The van der Waals surface area contributed by atoms with Gasteiger partial charge in [-0.05, 0) is 95.7 Å². The zero-order chi connectivity index (χ0) is 31.7. The van der Waals surface area contributed by atoms with Crippen LogP contribution in [-0.2, 0) is 19.3 Å². The van der Waals surface area contributed by atoms with Crippen molar-refractivity contribution in [2.24, 2.45) is 0 Å². The van der Waals surface area contributed by atoms with Gasteiger partial charge in [-0.2, -0.15) is 12.6 Å². The van der Waals surface area contributed by atoms with E-state index in [-0.39, 0.29) is 0 Å². The van der Waals surface area contributed by atoms with E-state index in [1.54, 1.807) is 6.26 Å². The lowest BCUT2D eigenvalue weighted by atomic mass is 9.84. The molecule has 0 unspecified atom stereocenters. The SMILES string of the molecule is CCCc1c2c(c(CCC)c3ccc(/C(S)=C/C=C/C=C/C=C/c4ccc(C)ccccc(C)c4)cc13)CC=CC=C2.CS.